The maximum Gasteiger partial charge on any atom is 0.349 e. The fourth-order valence-electron chi connectivity index (χ4n) is 2.02. The number of carbonyl (C=O) groups excluding carboxylic acids is 1. The molecule has 0 aliphatic carbocycles. The molecule has 22 heavy (non-hydrogen) atoms. The number of halogens is 1. The minimum absolute atomic E-state index is 0.118. The molecule has 0 fully saturated rings. The molecular formula is C18H19BrO3. The lowest BCUT2D eigenvalue weighted by atomic mass is 10.1. The van der Waals surface area contributed by atoms with Crippen LogP contribution < -0.4 is 9.47 Å². The van der Waals surface area contributed by atoms with Gasteiger partial charge >= 0.3 is 5.97 Å². The number of esters is 1. The predicted octanol–water partition coefficient (Wildman–Crippen LogP) is 4.69. The Labute approximate surface area is 139 Å². The van der Waals surface area contributed by atoms with Crippen molar-refractivity contribution in [2.75, 3.05) is 6.61 Å². The van der Waals surface area contributed by atoms with Gasteiger partial charge in [-0.1, -0.05) is 31.5 Å². The summed E-state index contributed by atoms with van der Waals surface area (Å²) in [4.78, 5) is 11.8. The second-order valence-electron chi connectivity index (χ2n) is 5.09. The number of hydrogen-bond acceptors (Lipinski definition) is 3. The standard InChI is InChI=1S/C18H19BrO3/c1-3-4-14-6-8-15(9-7-14)21-12-18(20)22-17-10-5-13(2)11-16(17)19/h5-11H,3-4,12H2,1-2H3. The molecule has 0 radical (unpaired) electrons. The van der Waals surface area contributed by atoms with Crippen molar-refractivity contribution in [1.29, 1.82) is 0 Å². The third-order valence-electron chi connectivity index (χ3n) is 3.13. The summed E-state index contributed by atoms with van der Waals surface area (Å²) in [7, 11) is 0. The van der Waals surface area contributed by atoms with E-state index in [-0.39, 0.29) is 6.61 Å². The zero-order valence-corrected chi connectivity index (χ0v) is 14.4. The molecule has 0 atom stereocenters. The fourth-order valence-corrected chi connectivity index (χ4v) is 2.60. The number of rotatable bonds is 6. The molecule has 0 aromatic heterocycles. The van der Waals surface area contributed by atoms with Crippen molar-refractivity contribution in [3.8, 4) is 11.5 Å². The summed E-state index contributed by atoms with van der Waals surface area (Å²) in [6.07, 6.45) is 2.15. The Morgan fingerprint density at radius 3 is 2.50 bits per heavy atom. The molecule has 0 heterocycles. The Bertz CT molecular complexity index is 635. The number of benzene rings is 2. The molecule has 0 bridgehead atoms. The van der Waals surface area contributed by atoms with E-state index in [1.165, 1.54) is 5.56 Å². The first-order valence-corrected chi connectivity index (χ1v) is 8.06. The summed E-state index contributed by atoms with van der Waals surface area (Å²) in [6, 6.07) is 13.3. The lowest BCUT2D eigenvalue weighted by Gasteiger charge is -2.09. The number of carbonyl (C=O) groups is 1. The highest BCUT2D eigenvalue weighted by Crippen LogP contribution is 2.25. The second kappa shape index (κ2) is 7.99. The van der Waals surface area contributed by atoms with Crippen LogP contribution in [0.3, 0.4) is 0 Å². The smallest absolute Gasteiger partial charge is 0.349 e. The van der Waals surface area contributed by atoms with Gasteiger partial charge in [-0.3, -0.25) is 0 Å². The van der Waals surface area contributed by atoms with Gasteiger partial charge in [-0.2, -0.15) is 0 Å². The monoisotopic (exact) mass is 362 g/mol. The molecule has 0 spiro atoms. The summed E-state index contributed by atoms with van der Waals surface area (Å²) in [5.41, 5.74) is 2.36. The van der Waals surface area contributed by atoms with Gasteiger partial charge in [-0.25, -0.2) is 4.79 Å². The molecule has 0 unspecified atom stereocenters. The van der Waals surface area contributed by atoms with Crippen LogP contribution >= 0.6 is 15.9 Å². The molecule has 0 amide bonds. The zero-order valence-electron chi connectivity index (χ0n) is 12.8. The Morgan fingerprint density at radius 2 is 1.86 bits per heavy atom. The van der Waals surface area contributed by atoms with E-state index < -0.39 is 5.97 Å². The third-order valence-corrected chi connectivity index (χ3v) is 3.75. The van der Waals surface area contributed by atoms with Gasteiger partial charge in [0.15, 0.2) is 6.61 Å². The van der Waals surface area contributed by atoms with Crippen LogP contribution in [0.1, 0.15) is 24.5 Å². The van der Waals surface area contributed by atoms with Crippen LogP contribution in [-0.2, 0) is 11.2 Å². The molecule has 0 saturated carbocycles. The number of ether oxygens (including phenoxy) is 2. The van der Waals surface area contributed by atoms with E-state index >= 15 is 0 Å². The average Bonchev–Trinajstić information content (AvgIpc) is 2.50. The largest absolute Gasteiger partial charge is 0.482 e. The van der Waals surface area contributed by atoms with Crippen molar-refractivity contribution in [3.05, 3.63) is 58.1 Å². The Balaban J connectivity index is 1.87. The summed E-state index contributed by atoms with van der Waals surface area (Å²) in [6.45, 7) is 4.00. The van der Waals surface area contributed by atoms with Crippen molar-refractivity contribution >= 4 is 21.9 Å². The van der Waals surface area contributed by atoms with Gasteiger partial charge in [0.2, 0.25) is 0 Å². The molecule has 0 aliphatic rings. The highest BCUT2D eigenvalue weighted by Gasteiger charge is 2.09. The Hall–Kier alpha value is -1.81. The summed E-state index contributed by atoms with van der Waals surface area (Å²) < 4.78 is 11.5. The van der Waals surface area contributed by atoms with Gasteiger partial charge < -0.3 is 9.47 Å². The summed E-state index contributed by atoms with van der Waals surface area (Å²) in [5, 5.41) is 0. The molecule has 0 saturated heterocycles. The van der Waals surface area contributed by atoms with Crippen molar-refractivity contribution in [3.63, 3.8) is 0 Å². The molecule has 116 valence electrons. The van der Waals surface area contributed by atoms with E-state index in [1.807, 2.05) is 43.3 Å². The number of hydrogen-bond donors (Lipinski definition) is 0. The lowest BCUT2D eigenvalue weighted by Crippen LogP contribution is -2.17. The maximum absolute atomic E-state index is 11.8. The molecule has 2 rings (SSSR count). The first-order valence-electron chi connectivity index (χ1n) is 7.27. The number of aryl methyl sites for hydroxylation is 2. The van der Waals surface area contributed by atoms with Crippen molar-refractivity contribution < 1.29 is 14.3 Å². The topological polar surface area (TPSA) is 35.5 Å². The lowest BCUT2D eigenvalue weighted by molar-refractivity contribution is -0.136. The highest BCUT2D eigenvalue weighted by atomic mass is 79.9. The molecule has 4 heteroatoms. The van der Waals surface area contributed by atoms with E-state index in [0.29, 0.717) is 11.5 Å². The van der Waals surface area contributed by atoms with E-state index in [4.69, 9.17) is 9.47 Å². The van der Waals surface area contributed by atoms with Gasteiger partial charge in [0.05, 0.1) is 4.47 Å². The molecule has 0 aliphatic heterocycles. The normalized spacial score (nSPS) is 10.3. The molecule has 0 N–H and O–H groups in total. The molecule has 2 aromatic rings. The van der Waals surface area contributed by atoms with Crippen molar-refractivity contribution in [1.82, 2.24) is 0 Å². The van der Waals surface area contributed by atoms with Crippen LogP contribution in [0.15, 0.2) is 46.9 Å². The van der Waals surface area contributed by atoms with Gasteiger partial charge in [-0.15, -0.1) is 0 Å². The molecular weight excluding hydrogens is 344 g/mol. The van der Waals surface area contributed by atoms with Gasteiger partial charge in [0.25, 0.3) is 0 Å². The highest BCUT2D eigenvalue weighted by molar-refractivity contribution is 9.10. The Morgan fingerprint density at radius 1 is 1.14 bits per heavy atom. The van der Waals surface area contributed by atoms with Crippen LogP contribution in [0.4, 0.5) is 0 Å². The van der Waals surface area contributed by atoms with Crippen LogP contribution in [0.2, 0.25) is 0 Å². The summed E-state index contributed by atoms with van der Waals surface area (Å²) in [5.74, 6) is 0.736. The third kappa shape index (κ3) is 4.88. The van der Waals surface area contributed by atoms with Gasteiger partial charge in [0, 0.05) is 0 Å². The summed E-state index contributed by atoms with van der Waals surface area (Å²) >= 11 is 3.38. The SMILES string of the molecule is CCCc1ccc(OCC(=O)Oc2ccc(C)cc2Br)cc1. The van der Waals surface area contributed by atoms with E-state index in [0.717, 1.165) is 22.9 Å². The van der Waals surface area contributed by atoms with Crippen molar-refractivity contribution in [2.24, 2.45) is 0 Å². The molecule has 3 nitrogen and oxygen atoms in total. The molecule has 2 aromatic carbocycles. The minimum atomic E-state index is -0.429. The van der Waals surface area contributed by atoms with Gasteiger partial charge in [0.1, 0.15) is 11.5 Å². The maximum atomic E-state index is 11.8. The van der Waals surface area contributed by atoms with Gasteiger partial charge in [-0.05, 0) is 64.7 Å². The van der Waals surface area contributed by atoms with E-state index in [1.54, 1.807) is 6.07 Å². The first kappa shape index (κ1) is 16.6. The average molecular weight is 363 g/mol. The van der Waals surface area contributed by atoms with E-state index in [9.17, 15) is 4.79 Å². The quantitative estimate of drug-likeness (QED) is 0.552. The predicted molar refractivity (Wildman–Crippen MR) is 90.4 cm³/mol. The van der Waals surface area contributed by atoms with Crippen molar-refractivity contribution in [2.45, 2.75) is 26.7 Å². The fraction of sp³-hybridized carbons (Fsp3) is 0.278. The second-order valence-corrected chi connectivity index (χ2v) is 5.94. The Kier molecular flexibility index (Phi) is 6.01. The minimum Gasteiger partial charge on any atom is -0.482 e. The van der Waals surface area contributed by atoms with Crippen LogP contribution in [0.25, 0.3) is 0 Å². The van der Waals surface area contributed by atoms with Crippen LogP contribution in [0, 0.1) is 6.92 Å². The first-order chi connectivity index (χ1) is 10.6. The zero-order chi connectivity index (χ0) is 15.9. The van der Waals surface area contributed by atoms with Crippen LogP contribution in [-0.4, -0.2) is 12.6 Å². The van der Waals surface area contributed by atoms with Crippen LogP contribution in [0.5, 0.6) is 11.5 Å². The van der Waals surface area contributed by atoms with E-state index in [2.05, 4.69) is 22.9 Å².